The van der Waals surface area contributed by atoms with Crippen molar-refractivity contribution < 1.29 is 14.1 Å². The van der Waals surface area contributed by atoms with Gasteiger partial charge in [0.25, 0.3) is 5.91 Å². The van der Waals surface area contributed by atoms with E-state index in [0.29, 0.717) is 22.3 Å². The Bertz CT molecular complexity index is 922. The van der Waals surface area contributed by atoms with Crippen LogP contribution in [0.3, 0.4) is 0 Å². The summed E-state index contributed by atoms with van der Waals surface area (Å²) < 4.78 is 10.6. The summed E-state index contributed by atoms with van der Waals surface area (Å²) in [7, 11) is 1.61. The summed E-state index contributed by atoms with van der Waals surface area (Å²) in [6.45, 7) is 3.93. The van der Waals surface area contributed by atoms with E-state index >= 15 is 0 Å². The molecule has 1 N–H and O–H groups in total. The summed E-state index contributed by atoms with van der Waals surface area (Å²) in [5.74, 6) is 1.29. The highest BCUT2D eigenvalue weighted by Gasteiger charge is 2.26. The zero-order valence-corrected chi connectivity index (χ0v) is 16.0. The maximum atomic E-state index is 12.6. The standard InChI is InChI=1S/C20H20ClN3O3/c1-12(2)17(22-19(25)15-6-4-5-7-16(15)21)20-23-18(24-27-20)13-8-10-14(26-3)11-9-13/h4-12,17H,1-3H3,(H,22,25)/t17-/m0/s1. The molecule has 7 heteroatoms. The molecule has 0 spiro atoms. The highest BCUT2D eigenvalue weighted by Crippen LogP contribution is 2.26. The highest BCUT2D eigenvalue weighted by molar-refractivity contribution is 6.33. The summed E-state index contributed by atoms with van der Waals surface area (Å²) in [5.41, 5.74) is 1.20. The van der Waals surface area contributed by atoms with Crippen LogP contribution in [-0.2, 0) is 0 Å². The van der Waals surface area contributed by atoms with Gasteiger partial charge in [-0.25, -0.2) is 0 Å². The van der Waals surface area contributed by atoms with Gasteiger partial charge in [0.15, 0.2) is 0 Å². The summed E-state index contributed by atoms with van der Waals surface area (Å²) in [6.07, 6.45) is 0. The van der Waals surface area contributed by atoms with Gasteiger partial charge in [-0.05, 0) is 42.3 Å². The number of carbonyl (C=O) groups excluding carboxylic acids is 1. The fraction of sp³-hybridized carbons (Fsp3) is 0.250. The molecule has 140 valence electrons. The maximum absolute atomic E-state index is 12.6. The average molecular weight is 386 g/mol. The van der Waals surface area contributed by atoms with Gasteiger partial charge in [-0.1, -0.05) is 42.7 Å². The lowest BCUT2D eigenvalue weighted by Crippen LogP contribution is -2.32. The van der Waals surface area contributed by atoms with E-state index in [0.717, 1.165) is 11.3 Å². The summed E-state index contributed by atoms with van der Waals surface area (Å²) in [5, 5.41) is 7.36. The van der Waals surface area contributed by atoms with Crippen molar-refractivity contribution >= 4 is 17.5 Å². The Balaban J connectivity index is 1.82. The average Bonchev–Trinajstić information content (AvgIpc) is 3.16. The number of halogens is 1. The third-order valence-electron chi connectivity index (χ3n) is 4.13. The number of methoxy groups -OCH3 is 1. The molecule has 0 aliphatic rings. The number of benzene rings is 2. The fourth-order valence-electron chi connectivity index (χ4n) is 2.60. The normalized spacial score (nSPS) is 12.0. The van der Waals surface area contributed by atoms with Gasteiger partial charge in [-0.2, -0.15) is 4.98 Å². The first-order chi connectivity index (χ1) is 13.0. The van der Waals surface area contributed by atoms with Crippen molar-refractivity contribution in [3.05, 3.63) is 65.0 Å². The van der Waals surface area contributed by atoms with E-state index in [1.165, 1.54) is 0 Å². The van der Waals surface area contributed by atoms with E-state index in [1.54, 1.807) is 31.4 Å². The largest absolute Gasteiger partial charge is 0.497 e. The number of nitrogens with zero attached hydrogens (tertiary/aromatic N) is 2. The first-order valence-corrected chi connectivity index (χ1v) is 8.91. The number of nitrogens with one attached hydrogen (secondary N) is 1. The van der Waals surface area contributed by atoms with Gasteiger partial charge in [-0.3, -0.25) is 4.79 Å². The van der Waals surface area contributed by atoms with Crippen molar-refractivity contribution in [2.24, 2.45) is 5.92 Å². The summed E-state index contributed by atoms with van der Waals surface area (Å²) in [4.78, 5) is 17.1. The van der Waals surface area contributed by atoms with Crippen LogP contribution in [0.4, 0.5) is 0 Å². The van der Waals surface area contributed by atoms with Gasteiger partial charge >= 0.3 is 0 Å². The van der Waals surface area contributed by atoms with Crippen molar-refractivity contribution in [3.8, 4) is 17.1 Å². The summed E-state index contributed by atoms with van der Waals surface area (Å²) >= 11 is 6.11. The minimum atomic E-state index is -0.437. The Kier molecular flexibility index (Phi) is 5.76. The molecule has 0 unspecified atom stereocenters. The molecule has 27 heavy (non-hydrogen) atoms. The van der Waals surface area contributed by atoms with Crippen molar-refractivity contribution in [1.29, 1.82) is 0 Å². The predicted octanol–water partition coefficient (Wildman–Crippen LogP) is 4.53. The lowest BCUT2D eigenvalue weighted by atomic mass is 10.0. The number of rotatable bonds is 6. The molecule has 1 aromatic heterocycles. The van der Waals surface area contributed by atoms with Crippen LogP contribution < -0.4 is 10.1 Å². The van der Waals surface area contributed by atoms with Crippen molar-refractivity contribution in [3.63, 3.8) is 0 Å². The second-order valence-electron chi connectivity index (χ2n) is 6.36. The van der Waals surface area contributed by atoms with E-state index < -0.39 is 6.04 Å². The van der Waals surface area contributed by atoms with E-state index in [9.17, 15) is 4.79 Å². The first kappa shape index (κ1) is 18.9. The molecule has 0 fully saturated rings. The number of hydrogen-bond donors (Lipinski definition) is 1. The number of ether oxygens (including phenoxy) is 1. The molecule has 0 aliphatic carbocycles. The SMILES string of the molecule is COc1ccc(-c2noc([C@@H](NC(=O)c3ccccc3Cl)C(C)C)n2)cc1. The van der Waals surface area contributed by atoms with Crippen LogP contribution in [-0.4, -0.2) is 23.2 Å². The van der Waals surface area contributed by atoms with Gasteiger partial charge in [0, 0.05) is 5.56 Å². The lowest BCUT2D eigenvalue weighted by Gasteiger charge is -2.18. The number of carbonyl (C=O) groups is 1. The van der Waals surface area contributed by atoms with Crippen LogP contribution in [0.5, 0.6) is 5.75 Å². The number of aromatic nitrogens is 2. The van der Waals surface area contributed by atoms with E-state index in [-0.39, 0.29) is 11.8 Å². The van der Waals surface area contributed by atoms with Crippen molar-refractivity contribution in [1.82, 2.24) is 15.5 Å². The molecule has 2 aromatic carbocycles. The Labute approximate surface area is 162 Å². The van der Waals surface area contributed by atoms with Crippen LogP contribution in [0.2, 0.25) is 5.02 Å². The van der Waals surface area contributed by atoms with Crippen molar-refractivity contribution in [2.75, 3.05) is 7.11 Å². The lowest BCUT2D eigenvalue weighted by molar-refractivity contribution is 0.0914. The molecular weight excluding hydrogens is 366 g/mol. The van der Waals surface area contributed by atoms with E-state index in [1.807, 2.05) is 38.1 Å². The molecule has 0 saturated heterocycles. The van der Waals surface area contributed by atoms with E-state index in [4.69, 9.17) is 20.9 Å². The topological polar surface area (TPSA) is 77.3 Å². The molecule has 0 radical (unpaired) electrons. The molecule has 1 amide bonds. The van der Waals surface area contributed by atoms with E-state index in [2.05, 4.69) is 15.5 Å². The number of hydrogen-bond acceptors (Lipinski definition) is 5. The monoisotopic (exact) mass is 385 g/mol. The maximum Gasteiger partial charge on any atom is 0.253 e. The molecule has 1 atom stereocenters. The van der Waals surface area contributed by atoms with Crippen LogP contribution in [0, 0.1) is 5.92 Å². The molecule has 3 rings (SSSR count). The molecular formula is C20H20ClN3O3. The van der Waals surface area contributed by atoms with Crippen LogP contribution in [0.1, 0.15) is 36.1 Å². The second kappa shape index (κ2) is 8.22. The minimum absolute atomic E-state index is 0.0422. The molecule has 0 bridgehead atoms. The molecule has 0 saturated carbocycles. The molecule has 1 heterocycles. The molecule has 3 aromatic rings. The zero-order chi connectivity index (χ0) is 19.4. The third kappa shape index (κ3) is 4.28. The van der Waals surface area contributed by atoms with Gasteiger partial charge < -0.3 is 14.6 Å². The second-order valence-corrected chi connectivity index (χ2v) is 6.77. The van der Waals surface area contributed by atoms with Crippen LogP contribution >= 0.6 is 11.6 Å². The van der Waals surface area contributed by atoms with Gasteiger partial charge in [0.1, 0.15) is 11.8 Å². The fourth-order valence-corrected chi connectivity index (χ4v) is 2.82. The third-order valence-corrected chi connectivity index (χ3v) is 4.46. The minimum Gasteiger partial charge on any atom is -0.497 e. The Morgan fingerprint density at radius 1 is 1.15 bits per heavy atom. The first-order valence-electron chi connectivity index (χ1n) is 8.53. The smallest absolute Gasteiger partial charge is 0.253 e. The Hall–Kier alpha value is -2.86. The quantitative estimate of drug-likeness (QED) is 0.674. The van der Waals surface area contributed by atoms with Gasteiger partial charge in [-0.15, -0.1) is 0 Å². The zero-order valence-electron chi connectivity index (χ0n) is 15.3. The Morgan fingerprint density at radius 3 is 2.48 bits per heavy atom. The molecule has 0 aliphatic heterocycles. The van der Waals surface area contributed by atoms with Gasteiger partial charge in [0.2, 0.25) is 11.7 Å². The van der Waals surface area contributed by atoms with Gasteiger partial charge in [0.05, 0.1) is 17.7 Å². The van der Waals surface area contributed by atoms with Crippen molar-refractivity contribution in [2.45, 2.75) is 19.9 Å². The Morgan fingerprint density at radius 2 is 1.85 bits per heavy atom. The molecule has 6 nitrogen and oxygen atoms in total. The highest BCUT2D eigenvalue weighted by atomic mass is 35.5. The van der Waals surface area contributed by atoms with Crippen LogP contribution in [0.25, 0.3) is 11.4 Å². The predicted molar refractivity (Wildman–Crippen MR) is 103 cm³/mol. The number of amides is 1. The summed E-state index contributed by atoms with van der Waals surface area (Å²) in [6, 6.07) is 13.8. The van der Waals surface area contributed by atoms with Crippen LogP contribution in [0.15, 0.2) is 53.1 Å².